The van der Waals surface area contributed by atoms with E-state index < -0.39 is 11.6 Å². The highest BCUT2D eigenvalue weighted by atomic mass is 79.9. The van der Waals surface area contributed by atoms with Gasteiger partial charge in [-0.3, -0.25) is 11.3 Å². The van der Waals surface area contributed by atoms with Crippen molar-refractivity contribution in [1.82, 2.24) is 5.43 Å². The molecule has 2 atom stereocenters. The van der Waals surface area contributed by atoms with E-state index in [0.29, 0.717) is 13.2 Å². The van der Waals surface area contributed by atoms with E-state index in [1.165, 1.54) is 12.1 Å². The van der Waals surface area contributed by atoms with E-state index in [1.807, 2.05) is 0 Å². The van der Waals surface area contributed by atoms with Crippen LogP contribution in [-0.2, 0) is 11.2 Å². The number of rotatable bonds is 4. The maximum atomic E-state index is 13.9. The average molecular weight is 321 g/mol. The second-order valence-corrected chi connectivity index (χ2v) is 5.28. The fourth-order valence-corrected chi connectivity index (χ4v) is 2.58. The van der Waals surface area contributed by atoms with Gasteiger partial charge in [0.1, 0.15) is 11.6 Å². The summed E-state index contributed by atoms with van der Waals surface area (Å²) in [7, 11) is 0. The zero-order chi connectivity index (χ0) is 13.1. The molecule has 0 spiro atoms. The molecule has 2 rings (SSSR count). The van der Waals surface area contributed by atoms with Gasteiger partial charge in [-0.15, -0.1) is 0 Å². The van der Waals surface area contributed by atoms with Crippen LogP contribution >= 0.6 is 15.9 Å². The van der Waals surface area contributed by atoms with Crippen LogP contribution in [0.15, 0.2) is 16.6 Å². The zero-order valence-electron chi connectivity index (χ0n) is 9.76. The molecular weight excluding hydrogens is 306 g/mol. The van der Waals surface area contributed by atoms with Crippen LogP contribution in [0.5, 0.6) is 0 Å². The zero-order valence-corrected chi connectivity index (χ0v) is 11.3. The minimum absolute atomic E-state index is 0.0548. The molecule has 0 amide bonds. The topological polar surface area (TPSA) is 47.3 Å². The number of nitrogens with one attached hydrogen (secondary N) is 1. The quantitative estimate of drug-likeness (QED) is 0.507. The largest absolute Gasteiger partial charge is 0.381 e. The maximum absolute atomic E-state index is 13.9. The SMILES string of the molecule is NNC(Cc1c(F)ccc(Br)c1F)C1CCOC1. The molecule has 0 aromatic heterocycles. The van der Waals surface area contributed by atoms with Crippen molar-refractivity contribution in [3.63, 3.8) is 0 Å². The molecular formula is C12H15BrF2N2O. The van der Waals surface area contributed by atoms with Gasteiger partial charge in [0, 0.05) is 24.1 Å². The molecule has 100 valence electrons. The molecule has 1 aliphatic heterocycles. The lowest BCUT2D eigenvalue weighted by atomic mass is 9.93. The van der Waals surface area contributed by atoms with Gasteiger partial charge in [0.2, 0.25) is 0 Å². The monoisotopic (exact) mass is 320 g/mol. The van der Waals surface area contributed by atoms with E-state index in [2.05, 4.69) is 21.4 Å². The second kappa shape index (κ2) is 6.06. The van der Waals surface area contributed by atoms with Crippen molar-refractivity contribution in [3.05, 3.63) is 33.8 Å². The van der Waals surface area contributed by atoms with Crippen LogP contribution in [-0.4, -0.2) is 19.3 Å². The Morgan fingerprint density at radius 3 is 2.89 bits per heavy atom. The predicted octanol–water partition coefficient (Wildman–Crippen LogP) is 2.14. The molecule has 3 N–H and O–H groups in total. The van der Waals surface area contributed by atoms with Crippen molar-refractivity contribution in [2.75, 3.05) is 13.2 Å². The first-order chi connectivity index (χ1) is 8.63. The van der Waals surface area contributed by atoms with Crippen molar-refractivity contribution in [1.29, 1.82) is 0 Å². The summed E-state index contributed by atoms with van der Waals surface area (Å²) in [5, 5.41) is 0. The van der Waals surface area contributed by atoms with Gasteiger partial charge in [-0.05, 0) is 40.9 Å². The molecule has 0 bridgehead atoms. The van der Waals surface area contributed by atoms with Crippen LogP contribution in [0, 0.1) is 17.6 Å². The Morgan fingerprint density at radius 1 is 1.50 bits per heavy atom. The van der Waals surface area contributed by atoms with E-state index in [1.54, 1.807) is 0 Å². The van der Waals surface area contributed by atoms with Crippen molar-refractivity contribution >= 4 is 15.9 Å². The number of hydrogen-bond donors (Lipinski definition) is 2. The molecule has 2 unspecified atom stereocenters. The predicted molar refractivity (Wildman–Crippen MR) is 67.8 cm³/mol. The fraction of sp³-hybridized carbons (Fsp3) is 0.500. The van der Waals surface area contributed by atoms with Crippen LogP contribution in [0.25, 0.3) is 0 Å². The van der Waals surface area contributed by atoms with Crippen LogP contribution in [0.1, 0.15) is 12.0 Å². The van der Waals surface area contributed by atoms with Gasteiger partial charge in [-0.25, -0.2) is 8.78 Å². The molecule has 0 aliphatic carbocycles. The highest BCUT2D eigenvalue weighted by Gasteiger charge is 2.27. The Balaban J connectivity index is 2.18. The lowest BCUT2D eigenvalue weighted by molar-refractivity contribution is 0.176. The van der Waals surface area contributed by atoms with Gasteiger partial charge < -0.3 is 4.74 Å². The summed E-state index contributed by atoms with van der Waals surface area (Å²) in [6.07, 6.45) is 1.06. The fourth-order valence-electron chi connectivity index (χ4n) is 2.21. The first kappa shape index (κ1) is 13.9. The molecule has 1 heterocycles. The number of hydrogen-bond acceptors (Lipinski definition) is 3. The second-order valence-electron chi connectivity index (χ2n) is 4.42. The van der Waals surface area contributed by atoms with Crippen molar-refractivity contribution in [2.24, 2.45) is 11.8 Å². The third kappa shape index (κ3) is 2.88. The number of nitrogens with two attached hydrogens (primary N) is 1. The van der Waals surface area contributed by atoms with Crippen LogP contribution in [0.4, 0.5) is 8.78 Å². The van der Waals surface area contributed by atoms with E-state index in [0.717, 1.165) is 6.42 Å². The Morgan fingerprint density at radius 2 is 2.28 bits per heavy atom. The first-order valence-corrected chi connectivity index (χ1v) is 6.59. The van der Waals surface area contributed by atoms with Crippen molar-refractivity contribution < 1.29 is 13.5 Å². The van der Waals surface area contributed by atoms with Gasteiger partial charge in [0.15, 0.2) is 0 Å². The van der Waals surface area contributed by atoms with Crippen LogP contribution in [0.2, 0.25) is 0 Å². The molecule has 1 saturated heterocycles. The summed E-state index contributed by atoms with van der Waals surface area (Å²) in [5.74, 6) is 4.56. The van der Waals surface area contributed by atoms with E-state index in [-0.39, 0.29) is 28.4 Å². The third-order valence-corrected chi connectivity index (χ3v) is 3.92. The van der Waals surface area contributed by atoms with E-state index in [4.69, 9.17) is 10.6 Å². The lowest BCUT2D eigenvalue weighted by Gasteiger charge is -2.22. The normalized spacial score (nSPS) is 21.2. The number of benzene rings is 1. The number of ether oxygens (including phenoxy) is 1. The molecule has 0 radical (unpaired) electrons. The summed E-state index contributed by atoms with van der Waals surface area (Å²) in [6, 6.07) is 2.42. The summed E-state index contributed by atoms with van der Waals surface area (Å²) in [5.41, 5.74) is 2.69. The van der Waals surface area contributed by atoms with Gasteiger partial charge in [-0.2, -0.15) is 0 Å². The number of halogens is 3. The summed E-state index contributed by atoms with van der Waals surface area (Å²) < 4.78 is 33.0. The Kier molecular flexibility index (Phi) is 4.66. The average Bonchev–Trinajstić information content (AvgIpc) is 2.88. The number of hydrazine groups is 1. The summed E-state index contributed by atoms with van der Waals surface area (Å²) >= 11 is 3.06. The van der Waals surface area contributed by atoms with Gasteiger partial charge in [0.05, 0.1) is 11.1 Å². The van der Waals surface area contributed by atoms with Gasteiger partial charge in [0.25, 0.3) is 0 Å². The molecule has 1 aliphatic rings. The van der Waals surface area contributed by atoms with Gasteiger partial charge in [-0.1, -0.05) is 0 Å². The van der Waals surface area contributed by atoms with Crippen molar-refractivity contribution in [3.8, 4) is 0 Å². The standard InChI is InChI=1S/C12H15BrF2N2O/c13-9-1-2-10(14)8(12(9)15)5-11(17-16)7-3-4-18-6-7/h1-2,7,11,17H,3-6,16H2. The smallest absolute Gasteiger partial charge is 0.143 e. The third-order valence-electron chi connectivity index (χ3n) is 3.31. The van der Waals surface area contributed by atoms with Gasteiger partial charge >= 0.3 is 0 Å². The highest BCUT2D eigenvalue weighted by Crippen LogP contribution is 2.25. The molecule has 0 saturated carbocycles. The highest BCUT2D eigenvalue weighted by molar-refractivity contribution is 9.10. The summed E-state index contributed by atoms with van der Waals surface area (Å²) in [4.78, 5) is 0. The molecule has 18 heavy (non-hydrogen) atoms. The molecule has 1 aromatic rings. The molecule has 6 heteroatoms. The Bertz CT molecular complexity index is 425. The van der Waals surface area contributed by atoms with Crippen molar-refractivity contribution in [2.45, 2.75) is 18.9 Å². The minimum Gasteiger partial charge on any atom is -0.381 e. The molecule has 1 aromatic carbocycles. The molecule has 1 fully saturated rings. The maximum Gasteiger partial charge on any atom is 0.143 e. The first-order valence-electron chi connectivity index (χ1n) is 5.79. The minimum atomic E-state index is -0.561. The van der Waals surface area contributed by atoms with Crippen LogP contribution < -0.4 is 11.3 Å². The Labute approximate surface area is 113 Å². The van der Waals surface area contributed by atoms with E-state index in [9.17, 15) is 8.78 Å². The van der Waals surface area contributed by atoms with E-state index >= 15 is 0 Å². The Hall–Kier alpha value is -0.560. The van der Waals surface area contributed by atoms with Crippen LogP contribution in [0.3, 0.4) is 0 Å². The summed E-state index contributed by atoms with van der Waals surface area (Å²) in [6.45, 7) is 1.25. The molecule has 3 nitrogen and oxygen atoms in total. The lowest BCUT2D eigenvalue weighted by Crippen LogP contribution is -2.43.